The van der Waals surface area contributed by atoms with Gasteiger partial charge in [0.15, 0.2) is 5.65 Å². The molecule has 4 aliphatic heterocycles. The summed E-state index contributed by atoms with van der Waals surface area (Å²) in [6.45, 7) is 3.37. The Hall–Kier alpha value is -7.61. The van der Waals surface area contributed by atoms with Crippen molar-refractivity contribution in [2.24, 2.45) is 0 Å². The lowest BCUT2D eigenvalue weighted by Crippen LogP contribution is -2.65. The summed E-state index contributed by atoms with van der Waals surface area (Å²) in [6, 6.07) is 24.3. The number of rotatable bonds is 8. The number of carboxylic acids is 1. The van der Waals surface area contributed by atoms with E-state index in [1.807, 2.05) is 71.4 Å². The van der Waals surface area contributed by atoms with Crippen LogP contribution < -0.4 is 20.7 Å². The minimum atomic E-state index is -5.08. The number of halogens is 3. The second kappa shape index (κ2) is 15.4. The number of ether oxygens (including phenoxy) is 1. The highest BCUT2D eigenvalue weighted by atomic mass is 19.4. The Morgan fingerprint density at radius 3 is 2.23 bits per heavy atom. The molecule has 0 saturated carbocycles. The highest BCUT2D eigenvalue weighted by molar-refractivity contribution is 6.23. The minimum absolute atomic E-state index is 0.0863. The van der Waals surface area contributed by atoms with Gasteiger partial charge in [-0.2, -0.15) is 18.3 Å². The highest BCUT2D eigenvalue weighted by Crippen LogP contribution is 2.37. The summed E-state index contributed by atoms with van der Waals surface area (Å²) >= 11 is 0. The van der Waals surface area contributed by atoms with Crippen LogP contribution in [-0.4, -0.2) is 113 Å². The number of amides is 4. The van der Waals surface area contributed by atoms with E-state index in [1.165, 1.54) is 6.33 Å². The first-order valence-electron chi connectivity index (χ1n) is 19.4. The molecule has 6 aromatic rings. The van der Waals surface area contributed by atoms with Crippen LogP contribution in [0.25, 0.3) is 28.0 Å². The van der Waals surface area contributed by atoms with Crippen LogP contribution in [0.3, 0.4) is 0 Å². The van der Waals surface area contributed by atoms with Crippen LogP contribution in [0.4, 0.5) is 24.7 Å². The molecule has 3 saturated heterocycles. The van der Waals surface area contributed by atoms with Gasteiger partial charge < -0.3 is 25.0 Å². The molecule has 3 fully saturated rings. The van der Waals surface area contributed by atoms with Gasteiger partial charge in [0.2, 0.25) is 11.8 Å². The van der Waals surface area contributed by atoms with Gasteiger partial charge in [0, 0.05) is 62.3 Å². The lowest BCUT2D eigenvalue weighted by molar-refractivity contribution is -0.192. The van der Waals surface area contributed by atoms with Gasteiger partial charge in [-0.1, -0.05) is 18.2 Å². The van der Waals surface area contributed by atoms with Crippen molar-refractivity contribution in [2.75, 3.05) is 36.8 Å². The number of fused-ring (bicyclic) bond motifs is 2. The molecule has 20 heteroatoms. The summed E-state index contributed by atoms with van der Waals surface area (Å²) in [6.07, 6.45) is 0.739. The number of nitrogens with one attached hydrogen (secondary N) is 1. The number of nitrogen functional groups attached to an aromatic ring is 1. The topological polar surface area (TPSA) is 211 Å². The lowest BCUT2D eigenvalue weighted by atomic mass is 9.98. The Balaban J connectivity index is 0.000000648. The molecule has 0 radical (unpaired) electrons. The normalized spacial score (nSPS) is 18.2. The number of benzene rings is 3. The zero-order valence-corrected chi connectivity index (χ0v) is 32.4. The number of carbonyl (C=O) groups excluding carboxylic acids is 4. The van der Waals surface area contributed by atoms with Crippen molar-refractivity contribution >= 4 is 52.1 Å². The largest absolute Gasteiger partial charge is 0.490 e. The van der Waals surface area contributed by atoms with Gasteiger partial charge in [-0.15, -0.1) is 0 Å². The first-order chi connectivity index (χ1) is 29.7. The molecule has 1 atom stereocenters. The molecule has 4 N–H and O–H groups in total. The Bertz CT molecular complexity index is 2760. The zero-order valence-electron chi connectivity index (χ0n) is 32.4. The van der Waals surface area contributed by atoms with Crippen molar-refractivity contribution in [2.45, 2.75) is 37.1 Å². The van der Waals surface area contributed by atoms with E-state index in [2.05, 4.69) is 42.0 Å². The standard InChI is InChI=1S/C40H34N10O5.C2HF3O2/c41-36-34-35(23-6-9-29(10-7-23)55-28-4-2-1-3-5-28)45-50(37(34)43-22-42-36)25-14-15-46(17-25)26-18-48(19-26)27-20-47(21-27)24-8-11-30-31(16-24)40(54)49(39(30)53)32-12-13-33(51)44-38(32)52;3-2(4,5)1(6)7/h1-11,14-17,22,26-27,32H,12-13,18-21H2,(H2,41,42,43)(H,44,51,52);(H,6,7). The number of nitrogens with two attached hydrogens (primary N) is 1. The number of hydrogen-bond donors (Lipinski definition) is 3. The van der Waals surface area contributed by atoms with Gasteiger partial charge in [0.25, 0.3) is 11.8 Å². The number of carboxylic acid groups (broad SMARTS) is 1. The molecule has 0 bridgehead atoms. The maximum Gasteiger partial charge on any atom is 0.490 e. The maximum atomic E-state index is 13.3. The van der Waals surface area contributed by atoms with Crippen molar-refractivity contribution in [3.05, 3.63) is 109 Å². The molecule has 10 rings (SSSR count). The van der Waals surface area contributed by atoms with Crippen LogP contribution in [-0.2, 0) is 14.4 Å². The third-order valence-corrected chi connectivity index (χ3v) is 11.3. The first kappa shape index (κ1) is 39.8. The average Bonchev–Trinajstić information content (AvgIpc) is 3.91. The molecule has 4 amide bonds. The number of likely N-dealkylation sites (tertiary alicyclic amines) is 1. The van der Waals surface area contributed by atoms with E-state index in [1.54, 1.807) is 12.1 Å². The van der Waals surface area contributed by atoms with Gasteiger partial charge in [-0.05, 0) is 67.1 Å². The number of piperidine rings is 1. The molecule has 17 nitrogen and oxygen atoms in total. The number of alkyl halides is 3. The lowest BCUT2D eigenvalue weighted by Gasteiger charge is -2.52. The van der Waals surface area contributed by atoms with E-state index in [4.69, 9.17) is 25.5 Å². The van der Waals surface area contributed by atoms with Crippen LogP contribution >= 0.6 is 0 Å². The van der Waals surface area contributed by atoms with E-state index in [9.17, 15) is 32.3 Å². The molecular formula is C42H35F3N10O7. The fraction of sp³-hybridized carbons (Fsp3) is 0.238. The number of carbonyl (C=O) groups is 5. The first-order valence-corrected chi connectivity index (χ1v) is 19.4. The fourth-order valence-corrected chi connectivity index (χ4v) is 7.94. The van der Waals surface area contributed by atoms with Crippen LogP contribution in [0.2, 0.25) is 0 Å². The third kappa shape index (κ3) is 7.33. The van der Waals surface area contributed by atoms with Crippen LogP contribution in [0.1, 0.15) is 39.6 Å². The summed E-state index contributed by atoms with van der Waals surface area (Å²) in [7, 11) is 0. The van der Waals surface area contributed by atoms with Crippen molar-refractivity contribution in [3.8, 4) is 28.4 Å². The number of nitrogens with zero attached hydrogens (tertiary/aromatic N) is 8. The molecule has 0 aliphatic carbocycles. The molecule has 3 aromatic carbocycles. The summed E-state index contributed by atoms with van der Waals surface area (Å²) in [5, 5.41) is 15.0. The van der Waals surface area contributed by atoms with Crippen LogP contribution in [0.15, 0.2) is 97.6 Å². The van der Waals surface area contributed by atoms with Gasteiger partial charge in [-0.3, -0.25) is 34.3 Å². The van der Waals surface area contributed by atoms with E-state index in [-0.39, 0.29) is 18.4 Å². The Morgan fingerprint density at radius 2 is 1.53 bits per heavy atom. The molecule has 7 heterocycles. The summed E-state index contributed by atoms with van der Waals surface area (Å²) in [5.41, 5.74) is 10.9. The number of anilines is 2. The summed E-state index contributed by atoms with van der Waals surface area (Å²) in [5.74, 6) is -2.94. The Labute approximate surface area is 349 Å². The average molecular weight is 849 g/mol. The summed E-state index contributed by atoms with van der Waals surface area (Å²) in [4.78, 5) is 73.8. The SMILES string of the molecule is Nc1ncnc2c1c(-c1ccc(Oc3ccccc3)cc1)nn2-c1ccn(C2CN(C3CN(c4ccc5c(c4)C(=O)N(C4CCC(=O)NC4=O)C5=O)C3)C2)c1.O=C(O)C(F)(F)F. The van der Waals surface area contributed by atoms with Crippen LogP contribution in [0, 0.1) is 0 Å². The molecule has 4 aliphatic rings. The van der Waals surface area contributed by atoms with Gasteiger partial charge >= 0.3 is 12.1 Å². The molecule has 316 valence electrons. The maximum absolute atomic E-state index is 13.3. The predicted molar refractivity (Wildman–Crippen MR) is 214 cm³/mol. The number of imide groups is 2. The Kier molecular flexibility index (Phi) is 9.93. The quantitative estimate of drug-likeness (QED) is 0.181. The molecule has 62 heavy (non-hydrogen) atoms. The van der Waals surface area contributed by atoms with E-state index in [0.29, 0.717) is 45.9 Å². The van der Waals surface area contributed by atoms with Crippen molar-refractivity contribution in [1.29, 1.82) is 0 Å². The molecule has 0 spiro atoms. The highest BCUT2D eigenvalue weighted by Gasteiger charge is 2.46. The Morgan fingerprint density at radius 1 is 0.839 bits per heavy atom. The van der Waals surface area contributed by atoms with E-state index < -0.39 is 41.8 Å². The minimum Gasteiger partial charge on any atom is -0.475 e. The second-order valence-electron chi connectivity index (χ2n) is 15.1. The predicted octanol–water partition coefficient (Wildman–Crippen LogP) is 4.44. The molecular weight excluding hydrogens is 814 g/mol. The second-order valence-corrected chi connectivity index (χ2v) is 15.1. The van der Waals surface area contributed by atoms with Crippen LogP contribution in [0.5, 0.6) is 11.5 Å². The molecule has 1 unspecified atom stereocenters. The monoisotopic (exact) mass is 848 g/mol. The van der Waals surface area contributed by atoms with Gasteiger partial charge in [-0.25, -0.2) is 19.4 Å². The van der Waals surface area contributed by atoms with Gasteiger partial charge in [0.1, 0.15) is 35.4 Å². The van der Waals surface area contributed by atoms with Crippen molar-refractivity contribution in [1.82, 2.24) is 39.4 Å². The number of aromatic nitrogens is 5. The third-order valence-electron chi connectivity index (χ3n) is 11.3. The summed E-state index contributed by atoms with van der Waals surface area (Å²) < 4.78 is 41.7. The molecule has 3 aromatic heterocycles. The number of hydrogen-bond acceptors (Lipinski definition) is 12. The zero-order chi connectivity index (χ0) is 43.4. The van der Waals surface area contributed by atoms with Gasteiger partial charge in [0.05, 0.1) is 28.2 Å². The van der Waals surface area contributed by atoms with E-state index >= 15 is 0 Å². The number of aliphatic carboxylic acids is 1. The van der Waals surface area contributed by atoms with Crippen molar-refractivity contribution in [3.63, 3.8) is 0 Å². The smallest absolute Gasteiger partial charge is 0.475 e. The van der Waals surface area contributed by atoms with E-state index in [0.717, 1.165) is 53.8 Å². The van der Waals surface area contributed by atoms with Crippen molar-refractivity contribution < 1.29 is 47.0 Å². The fourth-order valence-electron chi connectivity index (χ4n) is 7.94. The number of para-hydroxylation sites is 1.